The third-order valence-electron chi connectivity index (χ3n) is 4.00. The average molecular weight is 302 g/mol. The van der Waals surface area contributed by atoms with Crippen LogP contribution in [0.5, 0.6) is 5.75 Å². The van der Waals surface area contributed by atoms with Gasteiger partial charge in [-0.15, -0.1) is 0 Å². The second-order valence-corrected chi connectivity index (χ2v) is 5.58. The highest BCUT2D eigenvalue weighted by atomic mass is 19.1. The Hall–Kier alpha value is -1.98. The molecule has 2 heterocycles. The molecule has 22 heavy (non-hydrogen) atoms. The van der Waals surface area contributed by atoms with Crippen molar-refractivity contribution in [3.8, 4) is 5.75 Å². The molecule has 1 aliphatic heterocycles. The van der Waals surface area contributed by atoms with Gasteiger partial charge in [0.05, 0.1) is 18.9 Å². The van der Waals surface area contributed by atoms with E-state index in [2.05, 4.69) is 9.88 Å². The van der Waals surface area contributed by atoms with Crippen molar-refractivity contribution in [3.05, 3.63) is 59.7 Å². The number of hydrogen-bond donors (Lipinski definition) is 1. The maximum absolute atomic E-state index is 13.5. The van der Waals surface area contributed by atoms with Gasteiger partial charge >= 0.3 is 0 Å². The van der Waals surface area contributed by atoms with Gasteiger partial charge < -0.3 is 9.84 Å². The largest absolute Gasteiger partial charge is 0.497 e. The van der Waals surface area contributed by atoms with Gasteiger partial charge in [0.1, 0.15) is 11.6 Å². The topological polar surface area (TPSA) is 45.6 Å². The molecule has 1 aromatic heterocycles. The van der Waals surface area contributed by atoms with E-state index in [1.165, 1.54) is 12.1 Å². The van der Waals surface area contributed by atoms with Crippen molar-refractivity contribution in [1.29, 1.82) is 0 Å². The molecule has 0 radical (unpaired) electrons. The summed E-state index contributed by atoms with van der Waals surface area (Å²) in [4.78, 5) is 6.47. The Labute approximate surface area is 129 Å². The van der Waals surface area contributed by atoms with Crippen LogP contribution in [0.3, 0.4) is 0 Å². The highest BCUT2D eigenvalue weighted by Crippen LogP contribution is 2.33. The van der Waals surface area contributed by atoms with Crippen LogP contribution in [0.4, 0.5) is 4.39 Å². The zero-order valence-electron chi connectivity index (χ0n) is 12.4. The summed E-state index contributed by atoms with van der Waals surface area (Å²) in [6.07, 6.45) is 1.91. The summed E-state index contributed by atoms with van der Waals surface area (Å²) in [7, 11) is 1.62. The van der Waals surface area contributed by atoms with Crippen LogP contribution in [-0.4, -0.2) is 34.7 Å². The van der Waals surface area contributed by atoms with E-state index in [-0.39, 0.29) is 11.9 Å². The summed E-state index contributed by atoms with van der Waals surface area (Å²) in [5.41, 5.74) is 1.76. The predicted molar refractivity (Wildman–Crippen MR) is 81.0 cm³/mol. The van der Waals surface area contributed by atoms with Gasteiger partial charge in [0, 0.05) is 31.4 Å². The quantitative estimate of drug-likeness (QED) is 0.943. The number of halogens is 1. The number of pyridine rings is 1. The zero-order valence-corrected chi connectivity index (χ0v) is 12.4. The number of benzene rings is 1. The van der Waals surface area contributed by atoms with Crippen molar-refractivity contribution in [1.82, 2.24) is 9.88 Å². The van der Waals surface area contributed by atoms with Crippen LogP contribution in [0.1, 0.15) is 23.7 Å². The smallest absolute Gasteiger partial charge is 0.123 e. The first-order valence-corrected chi connectivity index (χ1v) is 7.32. The Morgan fingerprint density at radius 2 is 2.23 bits per heavy atom. The molecule has 4 nitrogen and oxygen atoms in total. The maximum Gasteiger partial charge on any atom is 0.123 e. The van der Waals surface area contributed by atoms with Gasteiger partial charge in [0.2, 0.25) is 0 Å². The number of aromatic nitrogens is 1. The number of rotatable bonds is 4. The first-order chi connectivity index (χ1) is 10.7. The van der Waals surface area contributed by atoms with E-state index in [0.29, 0.717) is 19.5 Å². The van der Waals surface area contributed by atoms with Crippen LogP contribution >= 0.6 is 0 Å². The summed E-state index contributed by atoms with van der Waals surface area (Å²) in [5, 5.41) is 10.00. The van der Waals surface area contributed by atoms with Crippen LogP contribution < -0.4 is 4.74 Å². The van der Waals surface area contributed by atoms with Gasteiger partial charge in [-0.3, -0.25) is 9.88 Å². The number of ether oxygens (including phenoxy) is 1. The fourth-order valence-corrected chi connectivity index (χ4v) is 2.99. The Morgan fingerprint density at radius 1 is 1.36 bits per heavy atom. The van der Waals surface area contributed by atoms with Crippen molar-refractivity contribution < 1.29 is 14.2 Å². The molecule has 0 unspecified atom stereocenters. The zero-order chi connectivity index (χ0) is 15.5. The molecule has 0 saturated carbocycles. The van der Waals surface area contributed by atoms with Crippen molar-refractivity contribution in [2.24, 2.45) is 0 Å². The van der Waals surface area contributed by atoms with Gasteiger partial charge in [-0.05, 0) is 30.2 Å². The molecule has 0 aliphatic carbocycles. The van der Waals surface area contributed by atoms with E-state index >= 15 is 0 Å². The normalized spacial score (nSPS) is 22.0. The minimum absolute atomic E-state index is 0.00120. The third-order valence-corrected chi connectivity index (χ3v) is 4.00. The molecule has 0 bridgehead atoms. The van der Waals surface area contributed by atoms with E-state index in [9.17, 15) is 9.50 Å². The number of aliphatic hydroxyl groups excluding tert-OH is 1. The van der Waals surface area contributed by atoms with Crippen LogP contribution in [0.2, 0.25) is 0 Å². The number of β-amino-alcohol motifs (C(OH)–C–C–N with tert-alkyl or cyclic N) is 1. The number of nitrogens with zero attached hydrogens (tertiary/aromatic N) is 2. The summed E-state index contributed by atoms with van der Waals surface area (Å²) in [5.74, 6) is 0.505. The van der Waals surface area contributed by atoms with Gasteiger partial charge in [0.15, 0.2) is 0 Å². The lowest BCUT2D eigenvalue weighted by molar-refractivity contribution is 0.172. The fraction of sp³-hybridized carbons (Fsp3) is 0.353. The van der Waals surface area contributed by atoms with E-state index in [1.54, 1.807) is 25.4 Å². The molecular weight excluding hydrogens is 283 g/mol. The minimum atomic E-state index is -0.404. The Balaban J connectivity index is 1.81. The minimum Gasteiger partial charge on any atom is -0.497 e. The van der Waals surface area contributed by atoms with Gasteiger partial charge in [-0.1, -0.05) is 12.1 Å². The molecule has 116 valence electrons. The lowest BCUT2D eigenvalue weighted by Crippen LogP contribution is -2.24. The van der Waals surface area contributed by atoms with E-state index < -0.39 is 6.10 Å². The molecule has 5 heteroatoms. The monoisotopic (exact) mass is 302 g/mol. The molecule has 2 aromatic rings. The second-order valence-electron chi connectivity index (χ2n) is 5.58. The average Bonchev–Trinajstić information content (AvgIpc) is 2.88. The molecule has 0 amide bonds. The van der Waals surface area contributed by atoms with Gasteiger partial charge in [0.25, 0.3) is 0 Å². The third kappa shape index (κ3) is 3.26. The van der Waals surface area contributed by atoms with Gasteiger partial charge in [-0.25, -0.2) is 4.39 Å². The lowest BCUT2D eigenvalue weighted by Gasteiger charge is -2.24. The molecule has 2 atom stereocenters. The second kappa shape index (κ2) is 6.42. The molecule has 0 spiro atoms. The molecule has 1 fully saturated rings. The summed E-state index contributed by atoms with van der Waals surface area (Å²) < 4.78 is 18.7. The van der Waals surface area contributed by atoms with Crippen molar-refractivity contribution >= 4 is 0 Å². The number of hydrogen-bond acceptors (Lipinski definition) is 4. The highest BCUT2D eigenvalue weighted by molar-refractivity contribution is 5.24. The Morgan fingerprint density at radius 3 is 3.00 bits per heavy atom. The summed E-state index contributed by atoms with van der Waals surface area (Å²) in [6.45, 7) is 1.15. The van der Waals surface area contributed by atoms with Crippen LogP contribution in [-0.2, 0) is 6.54 Å². The Kier molecular flexibility index (Phi) is 4.36. The Bertz CT molecular complexity index is 650. The predicted octanol–water partition coefficient (Wildman–Crippen LogP) is 2.54. The van der Waals surface area contributed by atoms with Crippen LogP contribution in [0.25, 0.3) is 0 Å². The van der Waals surface area contributed by atoms with Crippen molar-refractivity contribution in [2.45, 2.75) is 25.1 Å². The molecule has 3 rings (SSSR count). The van der Waals surface area contributed by atoms with Crippen molar-refractivity contribution in [3.63, 3.8) is 0 Å². The molecule has 1 saturated heterocycles. The van der Waals surface area contributed by atoms with E-state index in [0.717, 1.165) is 17.0 Å². The van der Waals surface area contributed by atoms with Crippen molar-refractivity contribution in [2.75, 3.05) is 13.7 Å². The molecule has 1 N–H and O–H groups in total. The molecular formula is C17H19FN2O2. The lowest BCUT2D eigenvalue weighted by atomic mass is 10.0. The summed E-state index contributed by atoms with van der Waals surface area (Å²) >= 11 is 0. The van der Waals surface area contributed by atoms with Gasteiger partial charge in [-0.2, -0.15) is 0 Å². The summed E-state index contributed by atoms with van der Waals surface area (Å²) in [6, 6.07) is 10.3. The van der Waals surface area contributed by atoms with Crippen LogP contribution in [0, 0.1) is 5.82 Å². The maximum atomic E-state index is 13.5. The van der Waals surface area contributed by atoms with E-state index in [1.807, 2.05) is 12.1 Å². The highest BCUT2D eigenvalue weighted by Gasteiger charge is 2.32. The number of methoxy groups -OCH3 is 1. The molecule has 1 aromatic carbocycles. The standard InChI is InChI=1S/C17H19FN2O2/c1-22-16-5-6-19-14(8-16)10-20-11-15(21)9-17(20)12-3-2-4-13(18)7-12/h2-8,15,17,21H,9-11H2,1H3/t15-,17+/m1/s1. The fourth-order valence-electron chi connectivity index (χ4n) is 2.99. The number of likely N-dealkylation sites (tertiary alicyclic amines) is 1. The van der Waals surface area contributed by atoms with E-state index in [4.69, 9.17) is 4.74 Å². The first-order valence-electron chi connectivity index (χ1n) is 7.32. The van der Waals surface area contributed by atoms with Crippen LogP contribution in [0.15, 0.2) is 42.6 Å². The molecule has 1 aliphatic rings. The first kappa shape index (κ1) is 14.9. The SMILES string of the molecule is COc1ccnc(CN2C[C@H](O)C[C@H]2c2cccc(F)c2)c1. The number of aliphatic hydroxyl groups is 1.